The standard InChI is InChI=1S/C24H17Cl2N3O7S2/c25-10-1-4-12(5-2-10)27-15(30)9-36-14-6-3-11(26)7-13(14)17-18-20(37-21-19(17)38-24(35)28-21)23(34)29(22(18)33)8-16(31)32/h1-7,17-18,20H,8-9H2,(H,27,30)(H,28,35)(H,31,32)/t17-,18?,20?/m1/s1. The van der Waals surface area contributed by atoms with Crippen LogP contribution in [0, 0.1) is 5.92 Å². The highest BCUT2D eigenvalue weighted by Gasteiger charge is 2.56. The van der Waals surface area contributed by atoms with Gasteiger partial charge in [0.1, 0.15) is 17.5 Å². The largest absolute Gasteiger partial charge is 0.483 e. The number of imide groups is 1. The summed E-state index contributed by atoms with van der Waals surface area (Å²) < 4.78 is 5.84. The number of benzene rings is 2. The molecule has 3 heterocycles. The Morgan fingerprint density at radius 3 is 2.47 bits per heavy atom. The number of likely N-dealkylation sites (tertiary alicyclic amines) is 1. The summed E-state index contributed by atoms with van der Waals surface area (Å²) in [4.78, 5) is 66.1. The Balaban J connectivity index is 1.49. The third-order valence-corrected chi connectivity index (χ3v) is 8.89. The van der Waals surface area contributed by atoms with E-state index in [0.717, 1.165) is 28.0 Å². The molecule has 10 nitrogen and oxygen atoms in total. The van der Waals surface area contributed by atoms with Gasteiger partial charge < -0.3 is 20.1 Å². The van der Waals surface area contributed by atoms with Crippen LogP contribution in [0.25, 0.3) is 0 Å². The number of ether oxygens (including phenoxy) is 1. The van der Waals surface area contributed by atoms with Gasteiger partial charge >= 0.3 is 10.8 Å². The molecule has 0 radical (unpaired) electrons. The van der Waals surface area contributed by atoms with Gasteiger partial charge in [0.25, 0.3) is 5.91 Å². The highest BCUT2D eigenvalue weighted by atomic mass is 35.5. The monoisotopic (exact) mass is 593 g/mol. The zero-order valence-corrected chi connectivity index (χ0v) is 22.2. The second-order valence-corrected chi connectivity index (χ2v) is 11.5. The average molecular weight is 594 g/mol. The van der Waals surface area contributed by atoms with Crippen LogP contribution in [-0.4, -0.2) is 57.1 Å². The molecule has 0 saturated carbocycles. The molecule has 0 aliphatic carbocycles. The number of fused-ring (bicyclic) bond motifs is 2. The third kappa shape index (κ3) is 5.04. The molecule has 2 aromatic carbocycles. The lowest BCUT2D eigenvalue weighted by Gasteiger charge is -2.31. The molecule has 38 heavy (non-hydrogen) atoms. The molecule has 1 aromatic heterocycles. The minimum absolute atomic E-state index is 0.222. The number of carboxylic acids is 1. The smallest absolute Gasteiger partial charge is 0.323 e. The van der Waals surface area contributed by atoms with Crippen LogP contribution in [0.4, 0.5) is 5.69 Å². The van der Waals surface area contributed by atoms with Crippen LogP contribution in [0.3, 0.4) is 0 Å². The van der Waals surface area contributed by atoms with Crippen molar-refractivity contribution in [2.24, 2.45) is 5.92 Å². The van der Waals surface area contributed by atoms with Gasteiger partial charge in [-0.2, -0.15) is 0 Å². The summed E-state index contributed by atoms with van der Waals surface area (Å²) in [6.45, 7) is -1.16. The van der Waals surface area contributed by atoms with Gasteiger partial charge in [0.05, 0.1) is 10.9 Å². The number of anilines is 1. The minimum Gasteiger partial charge on any atom is -0.483 e. The van der Waals surface area contributed by atoms with Gasteiger partial charge in [-0.1, -0.05) is 46.3 Å². The number of nitrogens with zero attached hydrogens (tertiary/aromatic N) is 1. The summed E-state index contributed by atoms with van der Waals surface area (Å²) in [7, 11) is 0. The molecule has 3 aromatic rings. The van der Waals surface area contributed by atoms with Gasteiger partial charge in [-0.15, -0.1) is 0 Å². The maximum absolute atomic E-state index is 13.4. The van der Waals surface area contributed by atoms with Gasteiger partial charge in [-0.05, 0) is 42.5 Å². The molecule has 1 fully saturated rings. The van der Waals surface area contributed by atoms with Crippen LogP contribution < -0.4 is 14.9 Å². The first-order valence-corrected chi connectivity index (χ1v) is 13.5. The average Bonchev–Trinajstić information content (AvgIpc) is 3.35. The summed E-state index contributed by atoms with van der Waals surface area (Å²) in [6.07, 6.45) is 0. The molecule has 14 heteroatoms. The fourth-order valence-corrected chi connectivity index (χ4v) is 7.30. The number of aromatic nitrogens is 1. The molecule has 3 atom stereocenters. The van der Waals surface area contributed by atoms with Crippen molar-refractivity contribution in [3.05, 3.63) is 72.6 Å². The lowest BCUT2D eigenvalue weighted by molar-refractivity contribution is -0.149. The normalized spacial score (nSPS) is 20.2. The van der Waals surface area contributed by atoms with Crippen molar-refractivity contribution < 1.29 is 29.0 Å². The van der Waals surface area contributed by atoms with E-state index in [4.69, 9.17) is 27.9 Å². The first-order chi connectivity index (χ1) is 18.1. The second kappa shape index (κ2) is 10.4. The first kappa shape index (κ1) is 26.3. The fraction of sp³-hybridized carbons (Fsp3) is 0.208. The van der Waals surface area contributed by atoms with Crippen LogP contribution in [0.5, 0.6) is 5.75 Å². The number of hydrogen-bond acceptors (Lipinski definition) is 8. The number of halogens is 2. The Morgan fingerprint density at radius 2 is 1.76 bits per heavy atom. The Bertz CT molecular complexity index is 1520. The zero-order chi connectivity index (χ0) is 27.1. The summed E-state index contributed by atoms with van der Waals surface area (Å²) >= 11 is 14.1. The lowest BCUT2D eigenvalue weighted by atomic mass is 9.82. The Hall–Kier alpha value is -3.32. The molecular weight excluding hydrogens is 577 g/mol. The van der Waals surface area contributed by atoms with Crippen molar-refractivity contribution >= 4 is 75.7 Å². The molecule has 5 rings (SSSR count). The molecule has 2 aliphatic heterocycles. The molecule has 3 N–H and O–H groups in total. The van der Waals surface area contributed by atoms with E-state index in [1.165, 1.54) is 6.07 Å². The number of H-pyrrole nitrogens is 1. The minimum atomic E-state index is -1.33. The number of carboxylic acid groups (broad SMARTS) is 1. The Kier molecular flexibility index (Phi) is 7.23. The predicted molar refractivity (Wildman–Crippen MR) is 141 cm³/mol. The van der Waals surface area contributed by atoms with Crippen LogP contribution in [-0.2, 0) is 19.2 Å². The Labute approximate surface area is 232 Å². The molecule has 0 spiro atoms. The van der Waals surface area contributed by atoms with E-state index in [1.54, 1.807) is 36.4 Å². The van der Waals surface area contributed by atoms with E-state index >= 15 is 0 Å². The quantitative estimate of drug-likeness (QED) is 0.353. The number of thioether (sulfide) groups is 1. The zero-order valence-electron chi connectivity index (χ0n) is 19.1. The number of aliphatic carboxylic acids is 1. The van der Waals surface area contributed by atoms with Crippen LogP contribution in [0.1, 0.15) is 16.4 Å². The van der Waals surface area contributed by atoms with Crippen molar-refractivity contribution in [1.29, 1.82) is 0 Å². The number of carbonyl (C=O) groups is 4. The fourth-order valence-electron chi connectivity index (χ4n) is 4.47. The summed E-state index contributed by atoms with van der Waals surface area (Å²) in [5.74, 6) is -4.73. The van der Waals surface area contributed by atoms with Gasteiger partial charge in [-0.25, -0.2) is 0 Å². The number of hydrogen-bond donors (Lipinski definition) is 3. The molecule has 3 amide bonds. The van der Waals surface area contributed by atoms with Gasteiger partial charge in [-0.3, -0.25) is 28.9 Å². The van der Waals surface area contributed by atoms with Gasteiger partial charge in [0.2, 0.25) is 11.8 Å². The number of amides is 3. The highest BCUT2D eigenvalue weighted by Crippen LogP contribution is 2.54. The lowest BCUT2D eigenvalue weighted by Crippen LogP contribution is -2.36. The van der Waals surface area contributed by atoms with E-state index < -0.39 is 47.3 Å². The van der Waals surface area contributed by atoms with Crippen LogP contribution in [0.2, 0.25) is 10.0 Å². The number of nitrogens with one attached hydrogen (secondary N) is 2. The van der Waals surface area contributed by atoms with E-state index in [2.05, 4.69) is 10.3 Å². The maximum atomic E-state index is 13.4. The first-order valence-electron chi connectivity index (χ1n) is 11.1. The molecular formula is C24H17Cl2N3O7S2. The SMILES string of the molecule is O=C(O)CN1C(=O)C2Sc3[nH]c(=O)sc3[C@H](c3cc(Cl)ccc3OCC(=O)Nc3ccc(Cl)cc3)C2C1=O. The Morgan fingerprint density at radius 1 is 1.05 bits per heavy atom. The molecule has 196 valence electrons. The van der Waals surface area contributed by atoms with Crippen LogP contribution >= 0.6 is 46.3 Å². The van der Waals surface area contributed by atoms with Crippen molar-refractivity contribution in [1.82, 2.24) is 9.88 Å². The number of rotatable bonds is 7. The summed E-state index contributed by atoms with van der Waals surface area (Å²) in [6, 6.07) is 11.2. The third-order valence-electron chi connectivity index (χ3n) is 6.00. The topological polar surface area (TPSA) is 146 Å². The molecule has 2 aliphatic rings. The maximum Gasteiger partial charge on any atom is 0.323 e. The number of aromatic amines is 1. The number of carbonyl (C=O) groups excluding carboxylic acids is 3. The highest BCUT2D eigenvalue weighted by molar-refractivity contribution is 8.00. The van der Waals surface area contributed by atoms with Gasteiger partial charge in [0.15, 0.2) is 6.61 Å². The van der Waals surface area contributed by atoms with Gasteiger partial charge in [0, 0.05) is 32.1 Å². The van der Waals surface area contributed by atoms with Crippen LogP contribution in [0.15, 0.2) is 52.3 Å². The summed E-state index contributed by atoms with van der Waals surface area (Å²) in [5, 5.41) is 12.2. The van der Waals surface area contributed by atoms with E-state index in [1.807, 2.05) is 0 Å². The summed E-state index contributed by atoms with van der Waals surface area (Å²) in [5.41, 5.74) is 0.906. The van der Waals surface area contributed by atoms with E-state index in [9.17, 15) is 29.1 Å². The predicted octanol–water partition coefficient (Wildman–Crippen LogP) is 3.44. The molecule has 0 bridgehead atoms. The van der Waals surface area contributed by atoms with Crippen molar-refractivity contribution in [2.45, 2.75) is 16.2 Å². The molecule has 2 unspecified atom stereocenters. The van der Waals surface area contributed by atoms with Crippen molar-refractivity contribution in [2.75, 3.05) is 18.5 Å². The van der Waals surface area contributed by atoms with Crippen molar-refractivity contribution in [3.8, 4) is 5.75 Å². The number of thiazole rings is 1. The van der Waals surface area contributed by atoms with E-state index in [0.29, 0.717) is 31.2 Å². The van der Waals surface area contributed by atoms with Crippen molar-refractivity contribution in [3.63, 3.8) is 0 Å². The van der Waals surface area contributed by atoms with E-state index in [-0.39, 0.29) is 17.2 Å². The molecule has 1 saturated heterocycles. The second-order valence-electron chi connectivity index (χ2n) is 8.43.